The highest BCUT2D eigenvalue weighted by Crippen LogP contribution is 2.30. The molecule has 0 spiro atoms. The molecule has 0 saturated carbocycles. The first-order valence-corrected chi connectivity index (χ1v) is 6.81. The Labute approximate surface area is 123 Å². The zero-order valence-corrected chi connectivity index (χ0v) is 12.0. The minimum Gasteiger partial charge on any atom is -0.508 e. The summed E-state index contributed by atoms with van der Waals surface area (Å²) in [6.07, 6.45) is 0.774. The van der Waals surface area contributed by atoms with E-state index in [4.69, 9.17) is 0 Å². The first-order valence-electron chi connectivity index (χ1n) is 6.81. The lowest BCUT2D eigenvalue weighted by molar-refractivity contribution is -0.384. The average molecular weight is 286 g/mol. The molecule has 1 atom stereocenters. The van der Waals surface area contributed by atoms with Gasteiger partial charge < -0.3 is 10.4 Å². The van der Waals surface area contributed by atoms with Crippen molar-refractivity contribution in [2.45, 2.75) is 26.3 Å². The SMILES string of the molecule is CCC(Nc1cc(C)ccc1[N+](=O)[O-])c1ccc(O)cc1. The van der Waals surface area contributed by atoms with E-state index < -0.39 is 0 Å². The smallest absolute Gasteiger partial charge is 0.292 e. The second kappa shape index (κ2) is 6.26. The third-order valence-electron chi connectivity index (χ3n) is 3.38. The molecular formula is C16H18N2O3. The Morgan fingerprint density at radius 2 is 1.90 bits per heavy atom. The maximum absolute atomic E-state index is 11.1. The van der Waals surface area contributed by atoms with Crippen LogP contribution in [0.1, 0.15) is 30.5 Å². The van der Waals surface area contributed by atoms with E-state index in [0.717, 1.165) is 17.5 Å². The monoisotopic (exact) mass is 286 g/mol. The molecule has 0 radical (unpaired) electrons. The molecule has 2 aromatic carbocycles. The molecule has 2 aromatic rings. The highest BCUT2D eigenvalue weighted by molar-refractivity contribution is 5.63. The van der Waals surface area contributed by atoms with E-state index in [1.54, 1.807) is 24.3 Å². The molecule has 0 fully saturated rings. The van der Waals surface area contributed by atoms with Gasteiger partial charge in [0.2, 0.25) is 0 Å². The molecule has 21 heavy (non-hydrogen) atoms. The molecule has 110 valence electrons. The molecule has 0 aliphatic rings. The van der Waals surface area contributed by atoms with Crippen molar-refractivity contribution in [2.24, 2.45) is 0 Å². The summed E-state index contributed by atoms with van der Waals surface area (Å²) >= 11 is 0. The van der Waals surface area contributed by atoms with Crippen LogP contribution in [-0.4, -0.2) is 10.0 Å². The lowest BCUT2D eigenvalue weighted by Gasteiger charge is -2.19. The summed E-state index contributed by atoms with van der Waals surface area (Å²) in [5, 5.41) is 23.7. The van der Waals surface area contributed by atoms with Crippen molar-refractivity contribution in [3.05, 3.63) is 63.7 Å². The van der Waals surface area contributed by atoms with Crippen LogP contribution in [-0.2, 0) is 0 Å². The standard InChI is InChI=1S/C16H18N2O3/c1-3-14(12-5-7-13(19)8-6-12)17-15-10-11(2)4-9-16(15)18(20)21/h4-10,14,17,19H,3H2,1-2H3. The third kappa shape index (κ3) is 3.51. The van der Waals surface area contributed by atoms with E-state index in [2.05, 4.69) is 5.32 Å². The van der Waals surface area contributed by atoms with Crippen LogP contribution in [0.4, 0.5) is 11.4 Å². The van der Waals surface area contributed by atoms with Gasteiger partial charge in [0.25, 0.3) is 5.69 Å². The number of nitro benzene ring substituents is 1. The Kier molecular flexibility index (Phi) is 4.42. The summed E-state index contributed by atoms with van der Waals surface area (Å²) in [7, 11) is 0. The van der Waals surface area contributed by atoms with Gasteiger partial charge in [-0.25, -0.2) is 0 Å². The van der Waals surface area contributed by atoms with Gasteiger partial charge in [-0.1, -0.05) is 25.1 Å². The van der Waals surface area contributed by atoms with Crippen molar-refractivity contribution in [2.75, 3.05) is 5.32 Å². The summed E-state index contributed by atoms with van der Waals surface area (Å²) in [5.74, 6) is 0.204. The number of phenols is 1. The average Bonchev–Trinajstić information content (AvgIpc) is 2.45. The predicted molar refractivity (Wildman–Crippen MR) is 82.6 cm³/mol. The maximum atomic E-state index is 11.1. The molecular weight excluding hydrogens is 268 g/mol. The third-order valence-corrected chi connectivity index (χ3v) is 3.38. The molecule has 5 heteroatoms. The van der Waals surface area contributed by atoms with E-state index in [1.165, 1.54) is 6.07 Å². The Morgan fingerprint density at radius 1 is 1.24 bits per heavy atom. The number of phenolic OH excluding ortho intramolecular Hbond substituents is 1. The summed E-state index contributed by atoms with van der Waals surface area (Å²) in [6, 6.07) is 11.8. The molecule has 0 aliphatic heterocycles. The molecule has 0 saturated heterocycles. The summed E-state index contributed by atoms with van der Waals surface area (Å²) < 4.78 is 0. The molecule has 0 aromatic heterocycles. The number of nitrogens with zero attached hydrogens (tertiary/aromatic N) is 1. The van der Waals surface area contributed by atoms with Crippen LogP contribution in [0.3, 0.4) is 0 Å². The van der Waals surface area contributed by atoms with Gasteiger partial charge in [-0.15, -0.1) is 0 Å². The molecule has 0 bridgehead atoms. The molecule has 1 unspecified atom stereocenters. The van der Waals surface area contributed by atoms with Crippen molar-refractivity contribution >= 4 is 11.4 Å². The van der Waals surface area contributed by atoms with Gasteiger partial charge in [-0.05, 0) is 42.7 Å². The van der Waals surface area contributed by atoms with Crippen molar-refractivity contribution in [1.82, 2.24) is 0 Å². The van der Waals surface area contributed by atoms with Crippen LogP contribution in [0.5, 0.6) is 5.75 Å². The van der Waals surface area contributed by atoms with Crippen LogP contribution < -0.4 is 5.32 Å². The molecule has 0 amide bonds. The zero-order chi connectivity index (χ0) is 15.4. The predicted octanol–water partition coefficient (Wildman–Crippen LogP) is 4.17. The fourth-order valence-electron chi connectivity index (χ4n) is 2.24. The Morgan fingerprint density at radius 3 is 2.48 bits per heavy atom. The molecule has 0 aliphatic carbocycles. The maximum Gasteiger partial charge on any atom is 0.292 e. The number of hydrogen-bond donors (Lipinski definition) is 2. The van der Waals surface area contributed by atoms with Crippen molar-refractivity contribution < 1.29 is 10.0 Å². The summed E-state index contributed by atoms with van der Waals surface area (Å²) in [6.45, 7) is 3.91. The van der Waals surface area contributed by atoms with E-state index in [9.17, 15) is 15.2 Å². The molecule has 2 N–H and O–H groups in total. The van der Waals surface area contributed by atoms with Gasteiger partial charge >= 0.3 is 0 Å². The van der Waals surface area contributed by atoms with Gasteiger partial charge in [0, 0.05) is 6.07 Å². The van der Waals surface area contributed by atoms with Crippen LogP contribution in [0.15, 0.2) is 42.5 Å². The topological polar surface area (TPSA) is 75.4 Å². The van der Waals surface area contributed by atoms with Gasteiger partial charge in [-0.3, -0.25) is 10.1 Å². The fraction of sp³-hybridized carbons (Fsp3) is 0.250. The second-order valence-corrected chi connectivity index (χ2v) is 4.97. The Balaban J connectivity index is 2.32. The van der Waals surface area contributed by atoms with Gasteiger partial charge in [0.1, 0.15) is 11.4 Å². The minimum atomic E-state index is -0.384. The Hall–Kier alpha value is -2.56. The number of hydrogen-bond acceptors (Lipinski definition) is 4. The van der Waals surface area contributed by atoms with Crippen molar-refractivity contribution in [3.8, 4) is 5.75 Å². The number of anilines is 1. The van der Waals surface area contributed by atoms with E-state index in [-0.39, 0.29) is 22.4 Å². The number of aromatic hydroxyl groups is 1. The summed E-state index contributed by atoms with van der Waals surface area (Å²) in [4.78, 5) is 10.7. The first-order chi connectivity index (χ1) is 10.0. The number of nitrogens with one attached hydrogen (secondary N) is 1. The Bertz CT molecular complexity index is 638. The number of benzene rings is 2. The van der Waals surface area contributed by atoms with Gasteiger partial charge in [0.15, 0.2) is 0 Å². The highest BCUT2D eigenvalue weighted by Gasteiger charge is 2.17. The normalized spacial score (nSPS) is 11.9. The highest BCUT2D eigenvalue weighted by atomic mass is 16.6. The minimum absolute atomic E-state index is 0.0499. The molecule has 0 heterocycles. The van der Waals surface area contributed by atoms with Crippen LogP contribution >= 0.6 is 0 Å². The van der Waals surface area contributed by atoms with E-state index in [1.807, 2.05) is 26.0 Å². The van der Waals surface area contributed by atoms with Crippen molar-refractivity contribution in [1.29, 1.82) is 0 Å². The lowest BCUT2D eigenvalue weighted by atomic mass is 10.0. The van der Waals surface area contributed by atoms with Crippen LogP contribution in [0.25, 0.3) is 0 Å². The number of aryl methyl sites for hydroxylation is 1. The van der Waals surface area contributed by atoms with Crippen molar-refractivity contribution in [3.63, 3.8) is 0 Å². The largest absolute Gasteiger partial charge is 0.508 e. The number of nitro groups is 1. The molecule has 2 rings (SSSR count). The lowest BCUT2D eigenvalue weighted by Crippen LogP contribution is -2.11. The van der Waals surface area contributed by atoms with Crippen LogP contribution in [0.2, 0.25) is 0 Å². The number of rotatable bonds is 5. The quantitative estimate of drug-likeness (QED) is 0.639. The fourth-order valence-corrected chi connectivity index (χ4v) is 2.24. The van der Waals surface area contributed by atoms with Gasteiger partial charge in [-0.2, -0.15) is 0 Å². The summed E-state index contributed by atoms with van der Waals surface area (Å²) in [5.41, 5.74) is 2.52. The molecule has 5 nitrogen and oxygen atoms in total. The second-order valence-electron chi connectivity index (χ2n) is 4.97. The van der Waals surface area contributed by atoms with Crippen LogP contribution in [0, 0.1) is 17.0 Å². The first kappa shape index (κ1) is 14.8. The van der Waals surface area contributed by atoms with Gasteiger partial charge in [0.05, 0.1) is 11.0 Å². The zero-order valence-electron chi connectivity index (χ0n) is 12.0. The van der Waals surface area contributed by atoms with E-state index in [0.29, 0.717) is 5.69 Å². The van der Waals surface area contributed by atoms with E-state index >= 15 is 0 Å².